The summed E-state index contributed by atoms with van der Waals surface area (Å²) in [6.07, 6.45) is 0. The number of rotatable bonds is 8. The van der Waals surface area contributed by atoms with Crippen LogP contribution in [0.5, 0.6) is 5.75 Å². The van der Waals surface area contributed by atoms with Crippen LogP contribution < -0.4 is 10.1 Å². The molecule has 0 saturated carbocycles. The second kappa shape index (κ2) is 8.67. The molecule has 2 aromatic rings. The van der Waals surface area contributed by atoms with Crippen LogP contribution in [0.25, 0.3) is 0 Å². The van der Waals surface area contributed by atoms with Crippen LogP contribution in [0, 0.1) is 0 Å². The fraction of sp³-hybridized carbons (Fsp3) is 0.294. The molecule has 3 nitrogen and oxygen atoms in total. The highest BCUT2D eigenvalue weighted by Crippen LogP contribution is 2.19. The number of nitrogens with one attached hydrogen (secondary N) is 1. The van der Waals surface area contributed by atoms with Crippen LogP contribution in [-0.4, -0.2) is 20.3 Å². The molecule has 0 aromatic heterocycles. The first-order chi connectivity index (χ1) is 10.3. The summed E-state index contributed by atoms with van der Waals surface area (Å²) in [7, 11) is 1.70. The Morgan fingerprint density at radius 2 is 1.95 bits per heavy atom. The van der Waals surface area contributed by atoms with E-state index in [2.05, 4.69) is 11.4 Å². The van der Waals surface area contributed by atoms with E-state index in [1.165, 1.54) is 5.56 Å². The Labute approximate surface area is 130 Å². The third-order valence-corrected chi connectivity index (χ3v) is 3.43. The SMILES string of the molecule is COCCNCc1cccc(OCc2ccccc2Cl)c1. The normalized spacial score (nSPS) is 10.6. The van der Waals surface area contributed by atoms with E-state index >= 15 is 0 Å². The molecule has 0 radical (unpaired) electrons. The van der Waals surface area contributed by atoms with Crippen molar-refractivity contribution in [3.63, 3.8) is 0 Å². The van der Waals surface area contributed by atoms with Crippen molar-refractivity contribution in [1.82, 2.24) is 5.32 Å². The minimum Gasteiger partial charge on any atom is -0.489 e. The number of hydrogen-bond acceptors (Lipinski definition) is 3. The Bertz CT molecular complexity index is 560. The van der Waals surface area contributed by atoms with Gasteiger partial charge < -0.3 is 14.8 Å². The molecule has 0 fully saturated rings. The van der Waals surface area contributed by atoms with Crippen molar-refractivity contribution in [3.05, 3.63) is 64.7 Å². The standard InChI is InChI=1S/C17H20ClNO2/c1-20-10-9-19-12-14-5-4-7-16(11-14)21-13-15-6-2-3-8-17(15)18/h2-8,11,19H,9-10,12-13H2,1H3. The van der Waals surface area contributed by atoms with Gasteiger partial charge in [-0.3, -0.25) is 0 Å². The van der Waals surface area contributed by atoms with E-state index in [4.69, 9.17) is 21.1 Å². The molecule has 0 aliphatic rings. The number of halogens is 1. The third-order valence-electron chi connectivity index (χ3n) is 3.06. The van der Waals surface area contributed by atoms with E-state index in [9.17, 15) is 0 Å². The van der Waals surface area contributed by atoms with Gasteiger partial charge in [-0.1, -0.05) is 41.9 Å². The molecule has 0 spiro atoms. The molecular formula is C17H20ClNO2. The van der Waals surface area contributed by atoms with Gasteiger partial charge in [0, 0.05) is 30.8 Å². The molecule has 2 aromatic carbocycles. The van der Waals surface area contributed by atoms with Crippen molar-refractivity contribution >= 4 is 11.6 Å². The van der Waals surface area contributed by atoms with E-state index in [-0.39, 0.29) is 0 Å². The summed E-state index contributed by atoms with van der Waals surface area (Å²) in [6, 6.07) is 15.8. The monoisotopic (exact) mass is 305 g/mol. The maximum atomic E-state index is 6.12. The molecule has 0 amide bonds. The fourth-order valence-corrected chi connectivity index (χ4v) is 2.12. The summed E-state index contributed by atoms with van der Waals surface area (Å²) in [5.74, 6) is 0.848. The zero-order valence-corrected chi connectivity index (χ0v) is 12.9. The average molecular weight is 306 g/mol. The molecule has 2 rings (SSSR count). The highest BCUT2D eigenvalue weighted by molar-refractivity contribution is 6.31. The van der Waals surface area contributed by atoms with Gasteiger partial charge in [-0.15, -0.1) is 0 Å². The molecule has 0 heterocycles. The van der Waals surface area contributed by atoms with E-state index in [1.54, 1.807) is 7.11 Å². The van der Waals surface area contributed by atoms with Gasteiger partial charge in [0.15, 0.2) is 0 Å². The Hall–Kier alpha value is -1.55. The number of methoxy groups -OCH3 is 1. The van der Waals surface area contributed by atoms with E-state index in [0.717, 1.165) is 29.4 Å². The lowest BCUT2D eigenvalue weighted by molar-refractivity contribution is 0.199. The van der Waals surface area contributed by atoms with E-state index in [1.807, 2.05) is 42.5 Å². The number of hydrogen-bond donors (Lipinski definition) is 1. The molecule has 0 bridgehead atoms. The van der Waals surface area contributed by atoms with Crippen molar-refractivity contribution in [2.24, 2.45) is 0 Å². The fourth-order valence-electron chi connectivity index (χ4n) is 1.93. The summed E-state index contributed by atoms with van der Waals surface area (Å²) in [5.41, 5.74) is 2.17. The summed E-state index contributed by atoms with van der Waals surface area (Å²) in [6.45, 7) is 2.82. The van der Waals surface area contributed by atoms with Gasteiger partial charge in [-0.2, -0.15) is 0 Å². The first-order valence-corrected chi connectivity index (χ1v) is 7.32. The zero-order valence-electron chi connectivity index (χ0n) is 12.1. The molecule has 1 N–H and O–H groups in total. The van der Waals surface area contributed by atoms with Crippen molar-refractivity contribution in [2.45, 2.75) is 13.2 Å². The quantitative estimate of drug-likeness (QED) is 0.755. The largest absolute Gasteiger partial charge is 0.489 e. The van der Waals surface area contributed by atoms with Crippen LogP contribution >= 0.6 is 11.6 Å². The third kappa shape index (κ3) is 5.38. The Morgan fingerprint density at radius 1 is 1.10 bits per heavy atom. The minimum atomic E-state index is 0.472. The smallest absolute Gasteiger partial charge is 0.120 e. The van der Waals surface area contributed by atoms with Crippen LogP contribution in [0.15, 0.2) is 48.5 Å². The summed E-state index contributed by atoms with van der Waals surface area (Å²) in [5, 5.41) is 4.04. The Kier molecular flexibility index (Phi) is 6.54. The average Bonchev–Trinajstić information content (AvgIpc) is 2.51. The predicted octanol–water partition coefficient (Wildman–Crippen LogP) is 3.66. The molecule has 0 atom stereocenters. The predicted molar refractivity (Wildman–Crippen MR) is 85.8 cm³/mol. The van der Waals surface area contributed by atoms with Crippen molar-refractivity contribution in [2.75, 3.05) is 20.3 Å². The number of benzene rings is 2. The molecular weight excluding hydrogens is 286 g/mol. The summed E-state index contributed by atoms with van der Waals surface area (Å²) >= 11 is 6.12. The maximum Gasteiger partial charge on any atom is 0.120 e. The van der Waals surface area contributed by atoms with Gasteiger partial charge in [-0.05, 0) is 23.8 Å². The van der Waals surface area contributed by atoms with Crippen LogP contribution in [0.1, 0.15) is 11.1 Å². The number of ether oxygens (including phenoxy) is 2. The van der Waals surface area contributed by atoms with E-state index < -0.39 is 0 Å². The molecule has 0 unspecified atom stereocenters. The summed E-state index contributed by atoms with van der Waals surface area (Å²) < 4.78 is 10.8. The molecule has 4 heteroatoms. The van der Waals surface area contributed by atoms with Gasteiger partial charge in [0.25, 0.3) is 0 Å². The van der Waals surface area contributed by atoms with Gasteiger partial charge >= 0.3 is 0 Å². The van der Waals surface area contributed by atoms with Crippen molar-refractivity contribution in [3.8, 4) is 5.75 Å². The van der Waals surface area contributed by atoms with Crippen LogP contribution in [0.4, 0.5) is 0 Å². The van der Waals surface area contributed by atoms with Crippen LogP contribution in [0.3, 0.4) is 0 Å². The lowest BCUT2D eigenvalue weighted by atomic mass is 10.2. The zero-order chi connectivity index (χ0) is 14.9. The first kappa shape index (κ1) is 15.8. The van der Waals surface area contributed by atoms with Crippen LogP contribution in [-0.2, 0) is 17.9 Å². The molecule has 112 valence electrons. The minimum absolute atomic E-state index is 0.472. The second-order valence-electron chi connectivity index (χ2n) is 4.70. The van der Waals surface area contributed by atoms with Gasteiger partial charge in [0.2, 0.25) is 0 Å². The van der Waals surface area contributed by atoms with Gasteiger partial charge in [-0.25, -0.2) is 0 Å². The maximum absolute atomic E-state index is 6.12. The van der Waals surface area contributed by atoms with Crippen molar-refractivity contribution < 1.29 is 9.47 Å². The lowest BCUT2D eigenvalue weighted by Gasteiger charge is -2.10. The molecule has 21 heavy (non-hydrogen) atoms. The Balaban J connectivity index is 1.87. The topological polar surface area (TPSA) is 30.5 Å². The van der Waals surface area contributed by atoms with Crippen LogP contribution in [0.2, 0.25) is 5.02 Å². The van der Waals surface area contributed by atoms with Crippen molar-refractivity contribution in [1.29, 1.82) is 0 Å². The Morgan fingerprint density at radius 3 is 2.76 bits per heavy atom. The highest BCUT2D eigenvalue weighted by Gasteiger charge is 2.01. The molecule has 0 aliphatic carbocycles. The second-order valence-corrected chi connectivity index (χ2v) is 5.10. The van der Waals surface area contributed by atoms with Gasteiger partial charge in [0.1, 0.15) is 12.4 Å². The first-order valence-electron chi connectivity index (χ1n) is 6.94. The molecule has 0 aliphatic heterocycles. The summed E-state index contributed by atoms with van der Waals surface area (Å²) in [4.78, 5) is 0. The highest BCUT2D eigenvalue weighted by atomic mass is 35.5. The van der Waals surface area contributed by atoms with Gasteiger partial charge in [0.05, 0.1) is 6.61 Å². The molecule has 0 saturated heterocycles. The van der Waals surface area contributed by atoms with E-state index in [0.29, 0.717) is 13.2 Å². The lowest BCUT2D eigenvalue weighted by Crippen LogP contribution is -2.18.